The molecule has 0 bridgehead atoms. The van der Waals surface area contributed by atoms with Crippen LogP contribution in [0.4, 0.5) is 21.9 Å². The molecular weight excluding hydrogens is 392 g/mol. The maximum atomic E-state index is 12.2. The van der Waals surface area contributed by atoms with Crippen LogP contribution in [-0.4, -0.2) is 31.1 Å². The lowest BCUT2D eigenvalue weighted by Gasteiger charge is -2.24. The predicted molar refractivity (Wildman–Crippen MR) is 124 cm³/mol. The van der Waals surface area contributed by atoms with Gasteiger partial charge in [0.05, 0.1) is 17.1 Å². The van der Waals surface area contributed by atoms with Crippen LogP contribution in [0.25, 0.3) is 0 Å². The SMILES string of the molecule is C[C@@H](CCCCNC(=O)OCc1ccccc1)Nc1c(N)cccc1N1CCCC1=O. The van der Waals surface area contributed by atoms with E-state index in [1.807, 2.05) is 53.4 Å². The second-order valence-electron chi connectivity index (χ2n) is 7.92. The molecule has 0 unspecified atom stereocenters. The fourth-order valence-corrected chi connectivity index (χ4v) is 3.70. The van der Waals surface area contributed by atoms with Gasteiger partial charge in [-0.15, -0.1) is 0 Å². The molecule has 0 spiro atoms. The molecule has 0 aromatic heterocycles. The largest absolute Gasteiger partial charge is 0.445 e. The molecule has 4 N–H and O–H groups in total. The van der Waals surface area contributed by atoms with E-state index in [-0.39, 0.29) is 18.6 Å². The molecule has 1 atom stereocenters. The Labute approximate surface area is 183 Å². The third kappa shape index (κ3) is 6.64. The Balaban J connectivity index is 1.37. The lowest BCUT2D eigenvalue weighted by Crippen LogP contribution is -2.27. The molecule has 1 aliphatic rings. The number of unbranched alkanes of at least 4 members (excludes halogenated alkanes) is 1. The highest BCUT2D eigenvalue weighted by atomic mass is 16.5. The summed E-state index contributed by atoms with van der Waals surface area (Å²) in [6.07, 6.45) is 3.79. The van der Waals surface area contributed by atoms with E-state index >= 15 is 0 Å². The second-order valence-corrected chi connectivity index (χ2v) is 7.92. The van der Waals surface area contributed by atoms with E-state index < -0.39 is 6.09 Å². The van der Waals surface area contributed by atoms with Crippen molar-refractivity contribution in [3.63, 3.8) is 0 Å². The first-order valence-corrected chi connectivity index (χ1v) is 10.9. The fraction of sp³-hybridized carbons (Fsp3) is 0.417. The molecule has 2 aromatic rings. The van der Waals surface area contributed by atoms with Crippen LogP contribution in [0.5, 0.6) is 0 Å². The number of nitrogens with zero attached hydrogens (tertiary/aromatic N) is 1. The summed E-state index contributed by atoms with van der Waals surface area (Å²) in [5, 5.41) is 6.27. The molecule has 2 aromatic carbocycles. The molecule has 1 saturated heterocycles. The molecule has 7 heteroatoms. The smallest absolute Gasteiger partial charge is 0.407 e. The summed E-state index contributed by atoms with van der Waals surface area (Å²) >= 11 is 0. The molecular formula is C24H32N4O3. The van der Waals surface area contributed by atoms with Gasteiger partial charge >= 0.3 is 6.09 Å². The molecule has 2 amide bonds. The quantitative estimate of drug-likeness (QED) is 0.390. The molecule has 1 fully saturated rings. The summed E-state index contributed by atoms with van der Waals surface area (Å²) in [5.41, 5.74) is 9.50. The maximum Gasteiger partial charge on any atom is 0.407 e. The van der Waals surface area contributed by atoms with E-state index in [4.69, 9.17) is 10.5 Å². The van der Waals surface area contributed by atoms with E-state index in [1.165, 1.54) is 0 Å². The predicted octanol–water partition coefficient (Wildman–Crippen LogP) is 4.29. The molecule has 7 nitrogen and oxygen atoms in total. The van der Waals surface area contributed by atoms with Crippen molar-refractivity contribution in [2.45, 2.75) is 51.7 Å². The second kappa shape index (κ2) is 11.2. The zero-order valence-corrected chi connectivity index (χ0v) is 18.1. The number of hydrogen-bond donors (Lipinski definition) is 3. The molecule has 1 heterocycles. The highest BCUT2D eigenvalue weighted by Gasteiger charge is 2.25. The van der Waals surface area contributed by atoms with Gasteiger partial charge in [-0.3, -0.25) is 4.79 Å². The number of benzene rings is 2. The summed E-state index contributed by atoms with van der Waals surface area (Å²) < 4.78 is 5.21. The lowest BCUT2D eigenvalue weighted by molar-refractivity contribution is -0.117. The van der Waals surface area contributed by atoms with Crippen molar-refractivity contribution >= 4 is 29.1 Å². The first-order chi connectivity index (χ1) is 15.0. The number of hydrogen-bond acceptors (Lipinski definition) is 5. The van der Waals surface area contributed by atoms with Crippen LogP contribution in [0, 0.1) is 0 Å². The molecule has 166 valence electrons. The van der Waals surface area contributed by atoms with Crippen molar-refractivity contribution in [1.82, 2.24) is 5.32 Å². The van der Waals surface area contributed by atoms with Crippen LogP contribution in [0.2, 0.25) is 0 Å². The van der Waals surface area contributed by atoms with Gasteiger partial charge in [-0.05, 0) is 50.3 Å². The molecule has 3 rings (SSSR count). The number of rotatable bonds is 10. The number of amides is 2. The Morgan fingerprint density at radius 2 is 1.97 bits per heavy atom. The van der Waals surface area contributed by atoms with Crippen molar-refractivity contribution in [1.29, 1.82) is 0 Å². The molecule has 31 heavy (non-hydrogen) atoms. The van der Waals surface area contributed by atoms with Gasteiger partial charge in [0.25, 0.3) is 0 Å². The van der Waals surface area contributed by atoms with Crippen molar-refractivity contribution < 1.29 is 14.3 Å². The third-order valence-corrected chi connectivity index (χ3v) is 5.38. The van der Waals surface area contributed by atoms with Crippen LogP contribution in [0.15, 0.2) is 48.5 Å². The number of nitrogens with one attached hydrogen (secondary N) is 2. The minimum absolute atomic E-state index is 0.145. The van der Waals surface area contributed by atoms with E-state index in [2.05, 4.69) is 17.6 Å². The Kier molecular flexibility index (Phi) is 8.15. The molecule has 0 aliphatic carbocycles. The van der Waals surface area contributed by atoms with Gasteiger partial charge in [0, 0.05) is 25.6 Å². The highest BCUT2D eigenvalue weighted by molar-refractivity contribution is 6.00. The van der Waals surface area contributed by atoms with Crippen LogP contribution < -0.4 is 21.3 Å². The van der Waals surface area contributed by atoms with Crippen molar-refractivity contribution in [2.75, 3.05) is 29.0 Å². The van der Waals surface area contributed by atoms with E-state index in [1.54, 1.807) is 0 Å². The standard InChI is InChI=1S/C24H32N4O3/c1-18(9-5-6-15-26-24(30)31-17-19-10-3-2-4-11-19)27-23-20(25)12-7-13-21(23)28-16-8-14-22(28)29/h2-4,7,10-13,18,27H,5-6,8-9,14-17,25H2,1H3,(H,26,30)/t18-/m0/s1. The van der Waals surface area contributed by atoms with Crippen LogP contribution >= 0.6 is 0 Å². The summed E-state index contributed by atoms with van der Waals surface area (Å²) in [6.45, 7) is 3.68. The normalized spacial score (nSPS) is 14.4. The van der Waals surface area contributed by atoms with Gasteiger partial charge < -0.3 is 26.0 Å². The molecule has 0 saturated carbocycles. The van der Waals surface area contributed by atoms with E-state index in [9.17, 15) is 9.59 Å². The number of nitrogen functional groups attached to an aromatic ring is 1. The lowest BCUT2D eigenvalue weighted by atomic mass is 10.1. The van der Waals surface area contributed by atoms with Crippen LogP contribution in [0.3, 0.4) is 0 Å². The van der Waals surface area contributed by atoms with Gasteiger partial charge in [0.15, 0.2) is 0 Å². The van der Waals surface area contributed by atoms with Gasteiger partial charge in [0.2, 0.25) is 5.91 Å². The zero-order chi connectivity index (χ0) is 22.1. The zero-order valence-electron chi connectivity index (χ0n) is 18.1. The highest BCUT2D eigenvalue weighted by Crippen LogP contribution is 2.34. The topological polar surface area (TPSA) is 96.7 Å². The average Bonchev–Trinajstić information content (AvgIpc) is 3.20. The van der Waals surface area contributed by atoms with E-state index in [0.29, 0.717) is 18.7 Å². The monoisotopic (exact) mass is 424 g/mol. The van der Waals surface area contributed by atoms with Gasteiger partial charge in [-0.1, -0.05) is 36.4 Å². The molecule has 0 radical (unpaired) electrons. The summed E-state index contributed by atoms with van der Waals surface area (Å²) in [7, 11) is 0. The summed E-state index contributed by atoms with van der Waals surface area (Å²) in [4.78, 5) is 25.8. The van der Waals surface area contributed by atoms with Crippen molar-refractivity contribution in [2.24, 2.45) is 0 Å². The number of anilines is 3. The first kappa shape index (κ1) is 22.5. The number of para-hydroxylation sites is 1. The number of carbonyl (C=O) groups is 2. The Morgan fingerprint density at radius 3 is 2.71 bits per heavy atom. The summed E-state index contributed by atoms with van der Waals surface area (Å²) in [5.74, 6) is 0.145. The van der Waals surface area contributed by atoms with Crippen molar-refractivity contribution in [3.8, 4) is 0 Å². The van der Waals surface area contributed by atoms with Crippen molar-refractivity contribution in [3.05, 3.63) is 54.1 Å². The Morgan fingerprint density at radius 1 is 1.16 bits per heavy atom. The van der Waals surface area contributed by atoms with Crippen LogP contribution in [0.1, 0.15) is 44.6 Å². The van der Waals surface area contributed by atoms with Crippen LogP contribution in [-0.2, 0) is 16.1 Å². The third-order valence-electron chi connectivity index (χ3n) is 5.38. The Hall–Kier alpha value is -3.22. The van der Waals surface area contributed by atoms with Gasteiger partial charge in [-0.2, -0.15) is 0 Å². The Bertz CT molecular complexity index is 872. The minimum atomic E-state index is -0.396. The fourth-order valence-electron chi connectivity index (χ4n) is 3.70. The first-order valence-electron chi connectivity index (χ1n) is 10.9. The number of alkyl carbamates (subject to hydrolysis) is 1. The van der Waals surface area contributed by atoms with E-state index in [0.717, 1.165) is 49.2 Å². The summed E-state index contributed by atoms with van der Waals surface area (Å²) in [6, 6.07) is 15.5. The number of nitrogens with two attached hydrogens (primary N) is 1. The number of ether oxygens (including phenoxy) is 1. The minimum Gasteiger partial charge on any atom is -0.445 e. The number of carbonyl (C=O) groups excluding carboxylic acids is 2. The maximum absolute atomic E-state index is 12.2. The molecule has 1 aliphatic heterocycles. The average molecular weight is 425 g/mol. The van der Waals surface area contributed by atoms with Gasteiger partial charge in [-0.25, -0.2) is 4.79 Å². The van der Waals surface area contributed by atoms with Gasteiger partial charge in [0.1, 0.15) is 6.61 Å².